The Balaban J connectivity index is 1.77. The summed E-state index contributed by atoms with van der Waals surface area (Å²) in [6.45, 7) is 5.51. The average molecular weight is 211 g/mol. The molecule has 2 nitrogen and oxygen atoms in total. The van der Waals surface area contributed by atoms with E-state index in [1.165, 1.54) is 44.9 Å². The van der Waals surface area contributed by atoms with Crippen LogP contribution in [0.15, 0.2) is 0 Å². The van der Waals surface area contributed by atoms with Crippen LogP contribution in [0.2, 0.25) is 0 Å². The quantitative estimate of drug-likeness (QED) is 0.772. The average Bonchev–Trinajstić information content (AvgIpc) is 2.79. The van der Waals surface area contributed by atoms with Crippen molar-refractivity contribution in [1.29, 1.82) is 0 Å². The molecule has 2 atom stereocenters. The normalized spacial score (nSPS) is 31.2. The topological polar surface area (TPSA) is 21.3 Å². The SMILES string of the molecule is CCNC(C)CC1CCC2(CCCC2)O1. The minimum Gasteiger partial charge on any atom is -0.372 e. The van der Waals surface area contributed by atoms with Gasteiger partial charge in [0.1, 0.15) is 0 Å². The van der Waals surface area contributed by atoms with Gasteiger partial charge in [-0.15, -0.1) is 0 Å². The maximum absolute atomic E-state index is 6.29. The maximum Gasteiger partial charge on any atom is 0.0687 e. The van der Waals surface area contributed by atoms with E-state index in [2.05, 4.69) is 19.2 Å². The van der Waals surface area contributed by atoms with Crippen LogP contribution in [0.3, 0.4) is 0 Å². The van der Waals surface area contributed by atoms with Gasteiger partial charge in [-0.2, -0.15) is 0 Å². The van der Waals surface area contributed by atoms with Crippen LogP contribution in [-0.4, -0.2) is 24.3 Å². The number of hydrogen-bond acceptors (Lipinski definition) is 2. The first kappa shape index (κ1) is 11.4. The lowest BCUT2D eigenvalue weighted by molar-refractivity contribution is -0.0413. The van der Waals surface area contributed by atoms with Crippen molar-refractivity contribution < 1.29 is 4.74 Å². The zero-order valence-electron chi connectivity index (χ0n) is 10.2. The molecule has 0 aromatic carbocycles. The highest BCUT2D eigenvalue weighted by Crippen LogP contribution is 2.44. The van der Waals surface area contributed by atoms with Crippen LogP contribution in [0.5, 0.6) is 0 Å². The summed E-state index contributed by atoms with van der Waals surface area (Å²) in [7, 11) is 0. The Morgan fingerprint density at radius 1 is 1.33 bits per heavy atom. The Hall–Kier alpha value is -0.0800. The summed E-state index contributed by atoms with van der Waals surface area (Å²) in [5.41, 5.74) is 0.316. The van der Waals surface area contributed by atoms with Crippen molar-refractivity contribution in [2.24, 2.45) is 0 Å². The molecule has 2 rings (SSSR count). The third-order valence-electron chi connectivity index (χ3n) is 4.02. The molecular weight excluding hydrogens is 186 g/mol. The second kappa shape index (κ2) is 4.84. The van der Waals surface area contributed by atoms with E-state index < -0.39 is 0 Å². The van der Waals surface area contributed by atoms with Crippen LogP contribution in [0.1, 0.15) is 58.8 Å². The number of rotatable bonds is 4. The van der Waals surface area contributed by atoms with E-state index in [0.29, 0.717) is 17.7 Å². The predicted molar refractivity (Wildman–Crippen MR) is 63.1 cm³/mol. The van der Waals surface area contributed by atoms with Crippen molar-refractivity contribution in [3.63, 3.8) is 0 Å². The van der Waals surface area contributed by atoms with Crippen LogP contribution in [0, 0.1) is 0 Å². The van der Waals surface area contributed by atoms with Crippen molar-refractivity contribution in [3.8, 4) is 0 Å². The van der Waals surface area contributed by atoms with Crippen molar-refractivity contribution in [1.82, 2.24) is 5.32 Å². The molecule has 2 aliphatic rings. The van der Waals surface area contributed by atoms with Crippen LogP contribution in [-0.2, 0) is 4.74 Å². The van der Waals surface area contributed by atoms with Crippen LogP contribution in [0.25, 0.3) is 0 Å². The van der Waals surface area contributed by atoms with Gasteiger partial charge in [-0.05, 0) is 45.6 Å². The van der Waals surface area contributed by atoms with Gasteiger partial charge in [0.25, 0.3) is 0 Å². The molecule has 1 saturated carbocycles. The molecular formula is C13H25NO. The molecule has 1 spiro atoms. The fraction of sp³-hybridized carbons (Fsp3) is 1.00. The summed E-state index contributed by atoms with van der Waals surface area (Å²) < 4.78 is 6.29. The molecule has 1 heterocycles. The van der Waals surface area contributed by atoms with Gasteiger partial charge >= 0.3 is 0 Å². The van der Waals surface area contributed by atoms with E-state index in [9.17, 15) is 0 Å². The molecule has 1 aliphatic carbocycles. The maximum atomic E-state index is 6.29. The van der Waals surface area contributed by atoms with E-state index >= 15 is 0 Å². The number of ether oxygens (including phenoxy) is 1. The van der Waals surface area contributed by atoms with Crippen LogP contribution in [0.4, 0.5) is 0 Å². The van der Waals surface area contributed by atoms with Gasteiger partial charge in [0.15, 0.2) is 0 Å². The second-order valence-corrected chi connectivity index (χ2v) is 5.36. The lowest BCUT2D eigenvalue weighted by atomic mass is 9.97. The van der Waals surface area contributed by atoms with Gasteiger partial charge in [0, 0.05) is 6.04 Å². The molecule has 0 radical (unpaired) electrons. The van der Waals surface area contributed by atoms with Gasteiger partial charge in [0.2, 0.25) is 0 Å². The molecule has 0 aromatic rings. The lowest BCUT2D eigenvalue weighted by Gasteiger charge is -2.25. The zero-order valence-corrected chi connectivity index (χ0v) is 10.2. The molecule has 0 aromatic heterocycles. The minimum absolute atomic E-state index is 0.316. The van der Waals surface area contributed by atoms with Gasteiger partial charge in [-0.1, -0.05) is 19.8 Å². The molecule has 0 bridgehead atoms. The Bertz CT molecular complexity index is 199. The molecule has 88 valence electrons. The highest BCUT2D eigenvalue weighted by atomic mass is 16.5. The summed E-state index contributed by atoms with van der Waals surface area (Å²) >= 11 is 0. The Labute approximate surface area is 93.8 Å². The highest BCUT2D eigenvalue weighted by molar-refractivity contribution is 4.93. The summed E-state index contributed by atoms with van der Waals surface area (Å²) in [6, 6.07) is 0.608. The Kier molecular flexibility index (Phi) is 3.68. The summed E-state index contributed by atoms with van der Waals surface area (Å²) in [4.78, 5) is 0. The monoisotopic (exact) mass is 211 g/mol. The highest BCUT2D eigenvalue weighted by Gasteiger charge is 2.42. The van der Waals surface area contributed by atoms with Crippen molar-refractivity contribution in [2.45, 2.75) is 76.5 Å². The smallest absolute Gasteiger partial charge is 0.0687 e. The van der Waals surface area contributed by atoms with Gasteiger partial charge in [0.05, 0.1) is 11.7 Å². The first-order chi connectivity index (χ1) is 7.24. The van der Waals surface area contributed by atoms with E-state index in [1.807, 2.05) is 0 Å². The second-order valence-electron chi connectivity index (χ2n) is 5.36. The van der Waals surface area contributed by atoms with Crippen molar-refractivity contribution in [2.75, 3.05) is 6.54 Å². The lowest BCUT2D eigenvalue weighted by Crippen LogP contribution is -2.31. The molecule has 1 aliphatic heterocycles. The minimum atomic E-state index is 0.316. The first-order valence-corrected chi connectivity index (χ1v) is 6.65. The molecule has 1 saturated heterocycles. The van der Waals surface area contributed by atoms with Crippen molar-refractivity contribution in [3.05, 3.63) is 0 Å². The number of hydrogen-bond donors (Lipinski definition) is 1. The van der Waals surface area contributed by atoms with Crippen molar-refractivity contribution >= 4 is 0 Å². The van der Waals surface area contributed by atoms with Crippen LogP contribution >= 0.6 is 0 Å². The largest absolute Gasteiger partial charge is 0.372 e. The fourth-order valence-electron chi connectivity index (χ4n) is 3.27. The molecule has 0 amide bonds. The fourth-order valence-corrected chi connectivity index (χ4v) is 3.27. The van der Waals surface area contributed by atoms with E-state index in [4.69, 9.17) is 4.74 Å². The first-order valence-electron chi connectivity index (χ1n) is 6.65. The zero-order chi connectivity index (χ0) is 10.7. The predicted octanol–water partition coefficient (Wildman–Crippen LogP) is 2.87. The molecule has 15 heavy (non-hydrogen) atoms. The Morgan fingerprint density at radius 3 is 2.73 bits per heavy atom. The van der Waals surface area contributed by atoms with E-state index in [1.54, 1.807) is 0 Å². The van der Waals surface area contributed by atoms with E-state index in [0.717, 1.165) is 6.54 Å². The Morgan fingerprint density at radius 2 is 2.07 bits per heavy atom. The summed E-state index contributed by atoms with van der Waals surface area (Å²) in [6.07, 6.45) is 9.72. The third kappa shape index (κ3) is 2.73. The number of nitrogens with one attached hydrogen (secondary N) is 1. The van der Waals surface area contributed by atoms with Gasteiger partial charge < -0.3 is 10.1 Å². The molecule has 2 fully saturated rings. The van der Waals surface area contributed by atoms with E-state index in [-0.39, 0.29) is 0 Å². The molecule has 2 unspecified atom stereocenters. The molecule has 2 heteroatoms. The van der Waals surface area contributed by atoms with Gasteiger partial charge in [-0.25, -0.2) is 0 Å². The third-order valence-corrected chi connectivity index (χ3v) is 4.02. The summed E-state index contributed by atoms with van der Waals surface area (Å²) in [5, 5.41) is 3.47. The molecule has 1 N–H and O–H groups in total. The van der Waals surface area contributed by atoms with Crippen LogP contribution < -0.4 is 5.32 Å². The van der Waals surface area contributed by atoms with Gasteiger partial charge in [-0.3, -0.25) is 0 Å². The summed E-state index contributed by atoms with van der Waals surface area (Å²) in [5.74, 6) is 0. The standard InChI is InChI=1S/C13H25NO/c1-3-14-11(2)10-12-6-9-13(15-12)7-4-5-8-13/h11-12,14H,3-10H2,1-2H3.